The van der Waals surface area contributed by atoms with E-state index in [1.807, 2.05) is 0 Å². The third-order valence-electron chi connectivity index (χ3n) is 7.42. The number of benzene rings is 2. The summed E-state index contributed by atoms with van der Waals surface area (Å²) >= 11 is 0. The third kappa shape index (κ3) is 2.52. The van der Waals surface area contributed by atoms with E-state index in [2.05, 4.69) is 22.8 Å². The van der Waals surface area contributed by atoms with Crippen LogP contribution in [0, 0.1) is 0 Å². The van der Waals surface area contributed by atoms with Crippen LogP contribution in [0.2, 0.25) is 0 Å². The monoisotopic (exact) mass is 372 g/mol. The number of carbonyl (C=O) groups excluding carboxylic acids is 1. The molecule has 2 amide bonds. The van der Waals surface area contributed by atoms with E-state index in [0.717, 1.165) is 37.1 Å². The molecule has 0 aromatic heterocycles. The average Bonchev–Trinajstić information content (AvgIpc) is 3.47. The lowest BCUT2D eigenvalue weighted by molar-refractivity contribution is 0.262. The van der Waals surface area contributed by atoms with Gasteiger partial charge in [0, 0.05) is 11.4 Å². The van der Waals surface area contributed by atoms with Gasteiger partial charge in [-0.2, -0.15) is 0 Å². The van der Waals surface area contributed by atoms with Gasteiger partial charge in [-0.25, -0.2) is 4.79 Å². The quantitative estimate of drug-likeness (QED) is 0.739. The van der Waals surface area contributed by atoms with Crippen LogP contribution in [0.3, 0.4) is 0 Å². The summed E-state index contributed by atoms with van der Waals surface area (Å²) in [6, 6.07) is 4.80. The normalized spacial score (nSPS) is 18.6. The van der Waals surface area contributed by atoms with Gasteiger partial charge in [0.2, 0.25) is 0 Å². The molecule has 2 aromatic carbocycles. The fraction of sp³-hybridized carbons (Fsp3) is 0.480. The van der Waals surface area contributed by atoms with Gasteiger partial charge in [0.1, 0.15) is 0 Å². The maximum Gasteiger partial charge on any atom is 0.323 e. The Bertz CT molecular complexity index is 861. The Hall–Kier alpha value is -2.29. The lowest BCUT2D eigenvalue weighted by Crippen LogP contribution is -2.23. The minimum absolute atomic E-state index is 0.0381. The summed E-state index contributed by atoms with van der Waals surface area (Å²) in [7, 11) is 0. The molecule has 4 aliphatic carbocycles. The van der Waals surface area contributed by atoms with Crippen LogP contribution in [0.25, 0.3) is 0 Å². The predicted molar refractivity (Wildman–Crippen MR) is 114 cm³/mol. The number of hydrogen-bond acceptors (Lipinski definition) is 1. The summed E-state index contributed by atoms with van der Waals surface area (Å²) in [6.07, 6.45) is 13.9. The summed E-state index contributed by atoms with van der Waals surface area (Å²) in [5, 5.41) is 6.65. The van der Waals surface area contributed by atoms with E-state index in [-0.39, 0.29) is 6.03 Å². The van der Waals surface area contributed by atoms with Crippen molar-refractivity contribution in [3.05, 3.63) is 56.6 Å². The van der Waals surface area contributed by atoms with Crippen molar-refractivity contribution < 1.29 is 4.79 Å². The largest absolute Gasteiger partial charge is 0.323 e. The number of amides is 2. The zero-order valence-corrected chi connectivity index (χ0v) is 16.5. The first-order valence-electron chi connectivity index (χ1n) is 11.2. The van der Waals surface area contributed by atoms with Gasteiger partial charge >= 0.3 is 6.03 Å². The molecule has 28 heavy (non-hydrogen) atoms. The van der Waals surface area contributed by atoms with Crippen molar-refractivity contribution in [2.45, 2.75) is 77.0 Å². The summed E-state index contributed by atoms with van der Waals surface area (Å²) in [6.45, 7) is 0. The van der Waals surface area contributed by atoms with E-state index in [1.54, 1.807) is 0 Å². The molecule has 2 aromatic rings. The first-order chi connectivity index (χ1) is 13.8. The zero-order chi connectivity index (χ0) is 18.7. The summed E-state index contributed by atoms with van der Waals surface area (Å²) < 4.78 is 0. The van der Waals surface area contributed by atoms with E-state index in [0.29, 0.717) is 0 Å². The minimum Gasteiger partial charge on any atom is -0.307 e. The molecule has 0 heterocycles. The molecule has 3 heteroatoms. The smallest absolute Gasteiger partial charge is 0.307 e. The molecule has 3 nitrogen and oxygen atoms in total. The third-order valence-corrected chi connectivity index (χ3v) is 7.42. The number of carbonyl (C=O) groups is 1. The van der Waals surface area contributed by atoms with Gasteiger partial charge in [0.25, 0.3) is 0 Å². The average molecular weight is 373 g/mol. The number of aryl methyl sites for hydroxylation is 4. The van der Waals surface area contributed by atoms with E-state index in [4.69, 9.17) is 0 Å². The topological polar surface area (TPSA) is 41.1 Å². The molecule has 0 spiro atoms. The van der Waals surface area contributed by atoms with Gasteiger partial charge in [-0.15, -0.1) is 0 Å². The Morgan fingerprint density at radius 1 is 0.536 bits per heavy atom. The van der Waals surface area contributed by atoms with Crippen molar-refractivity contribution in [3.8, 4) is 0 Å². The van der Waals surface area contributed by atoms with Crippen LogP contribution in [0.1, 0.15) is 70.2 Å². The van der Waals surface area contributed by atoms with Crippen LogP contribution >= 0.6 is 0 Å². The lowest BCUT2D eigenvalue weighted by atomic mass is 9.98. The molecular formula is C25H28N2O. The van der Waals surface area contributed by atoms with E-state index in [1.165, 1.54) is 95.9 Å². The summed E-state index contributed by atoms with van der Waals surface area (Å²) in [5.74, 6) is 0. The summed E-state index contributed by atoms with van der Waals surface area (Å²) in [4.78, 5) is 13.2. The molecule has 0 atom stereocenters. The summed E-state index contributed by atoms with van der Waals surface area (Å²) in [5.41, 5.74) is 13.8. The van der Waals surface area contributed by atoms with Crippen LogP contribution in [0.15, 0.2) is 12.1 Å². The fourth-order valence-corrected chi connectivity index (χ4v) is 6.19. The van der Waals surface area contributed by atoms with Crippen LogP contribution in [-0.4, -0.2) is 6.03 Å². The second-order valence-corrected chi connectivity index (χ2v) is 9.05. The van der Waals surface area contributed by atoms with Crippen molar-refractivity contribution in [2.75, 3.05) is 10.6 Å². The molecule has 0 saturated carbocycles. The zero-order valence-electron chi connectivity index (χ0n) is 16.5. The molecule has 0 aliphatic heterocycles. The number of fused-ring (bicyclic) bond motifs is 4. The highest BCUT2D eigenvalue weighted by atomic mass is 16.2. The number of anilines is 2. The first-order valence-corrected chi connectivity index (χ1v) is 11.2. The first kappa shape index (κ1) is 16.6. The molecule has 2 N–H and O–H groups in total. The molecule has 0 fully saturated rings. The second kappa shape index (κ2) is 6.37. The van der Waals surface area contributed by atoms with Crippen LogP contribution in [-0.2, 0) is 51.4 Å². The van der Waals surface area contributed by atoms with Crippen molar-refractivity contribution in [1.29, 1.82) is 0 Å². The van der Waals surface area contributed by atoms with Gasteiger partial charge in [-0.05, 0) is 122 Å². The molecule has 6 rings (SSSR count). The van der Waals surface area contributed by atoms with Crippen molar-refractivity contribution in [3.63, 3.8) is 0 Å². The van der Waals surface area contributed by atoms with Gasteiger partial charge in [-0.3, -0.25) is 0 Å². The second-order valence-electron chi connectivity index (χ2n) is 9.05. The maximum atomic E-state index is 13.2. The highest BCUT2D eigenvalue weighted by Crippen LogP contribution is 2.40. The van der Waals surface area contributed by atoms with E-state index >= 15 is 0 Å². The van der Waals surface area contributed by atoms with Gasteiger partial charge in [-0.1, -0.05) is 12.1 Å². The molecule has 0 bridgehead atoms. The molecule has 0 saturated heterocycles. The predicted octanol–water partition coefficient (Wildman–Crippen LogP) is 5.29. The molecule has 4 aliphatic rings. The van der Waals surface area contributed by atoms with Gasteiger partial charge in [0.05, 0.1) is 0 Å². The highest BCUT2D eigenvalue weighted by molar-refractivity contribution is 6.02. The van der Waals surface area contributed by atoms with E-state index in [9.17, 15) is 4.79 Å². The minimum atomic E-state index is -0.0381. The SMILES string of the molecule is O=C(Nc1c2c(cc3c1CCC3)CCC2)Nc1c2c(cc3c1CCC3)CCC2. The number of rotatable bonds is 2. The Kier molecular flexibility index (Phi) is 3.78. The number of urea groups is 1. The Morgan fingerprint density at radius 2 is 0.857 bits per heavy atom. The van der Waals surface area contributed by atoms with Crippen LogP contribution < -0.4 is 10.6 Å². The van der Waals surface area contributed by atoms with Crippen LogP contribution in [0.5, 0.6) is 0 Å². The Labute approximate surface area is 166 Å². The lowest BCUT2D eigenvalue weighted by Gasteiger charge is -2.19. The Morgan fingerprint density at radius 3 is 1.18 bits per heavy atom. The van der Waals surface area contributed by atoms with Crippen molar-refractivity contribution in [2.24, 2.45) is 0 Å². The highest BCUT2D eigenvalue weighted by Gasteiger charge is 2.27. The fourth-order valence-electron chi connectivity index (χ4n) is 6.19. The van der Waals surface area contributed by atoms with Gasteiger partial charge in [0.15, 0.2) is 0 Å². The maximum absolute atomic E-state index is 13.2. The van der Waals surface area contributed by atoms with Crippen molar-refractivity contribution >= 4 is 17.4 Å². The molecule has 144 valence electrons. The number of hydrogen-bond donors (Lipinski definition) is 2. The Balaban J connectivity index is 1.34. The molecule has 0 unspecified atom stereocenters. The standard InChI is InChI=1S/C25H28N2O/c28-25(26-23-19-9-1-5-15(19)13-16-6-2-10-20(16)23)27-24-21-11-3-7-17(21)14-18-8-4-12-22(18)24/h13-14H,1-12H2,(H2,26,27,28). The van der Waals surface area contributed by atoms with E-state index < -0.39 is 0 Å². The molecular weight excluding hydrogens is 344 g/mol. The van der Waals surface area contributed by atoms with Crippen LogP contribution in [0.4, 0.5) is 16.2 Å². The van der Waals surface area contributed by atoms with Crippen molar-refractivity contribution in [1.82, 2.24) is 0 Å². The molecule has 0 radical (unpaired) electrons. The van der Waals surface area contributed by atoms with Gasteiger partial charge < -0.3 is 10.6 Å². The number of nitrogens with one attached hydrogen (secondary N) is 2.